The monoisotopic (exact) mass is 261 g/mol. The van der Waals surface area contributed by atoms with Crippen molar-refractivity contribution in [3.8, 4) is 0 Å². The predicted molar refractivity (Wildman–Crippen MR) is 71.7 cm³/mol. The van der Waals surface area contributed by atoms with E-state index in [4.69, 9.17) is 9.26 Å². The van der Waals surface area contributed by atoms with Crippen LogP contribution in [0.2, 0.25) is 0 Å². The van der Waals surface area contributed by atoms with Crippen molar-refractivity contribution in [2.45, 2.75) is 25.5 Å². The third kappa shape index (κ3) is 3.00. The second-order valence-corrected chi connectivity index (χ2v) is 4.27. The summed E-state index contributed by atoms with van der Waals surface area (Å²) in [6.45, 7) is 2.07. The number of hydrogen-bond donors (Lipinski definition) is 1. The standard InChI is InChI=1S/C14H19N3O2/c1-4-11(15-2)14-16-13(17-19-14)12(18-3)10-8-6-5-7-9-10/h5-9,11-12,15H,4H2,1-3H3. The van der Waals surface area contributed by atoms with Crippen LogP contribution >= 0.6 is 0 Å². The first-order valence-corrected chi connectivity index (χ1v) is 6.38. The van der Waals surface area contributed by atoms with Crippen molar-refractivity contribution < 1.29 is 9.26 Å². The highest BCUT2D eigenvalue weighted by molar-refractivity contribution is 5.22. The van der Waals surface area contributed by atoms with Crippen molar-refractivity contribution >= 4 is 0 Å². The van der Waals surface area contributed by atoms with Crippen LogP contribution in [-0.4, -0.2) is 24.3 Å². The summed E-state index contributed by atoms with van der Waals surface area (Å²) in [7, 11) is 3.52. The molecular weight excluding hydrogens is 242 g/mol. The molecule has 19 heavy (non-hydrogen) atoms. The molecule has 2 atom stereocenters. The summed E-state index contributed by atoms with van der Waals surface area (Å²) >= 11 is 0. The van der Waals surface area contributed by atoms with E-state index in [1.54, 1.807) is 7.11 Å². The molecule has 0 aliphatic carbocycles. The maximum Gasteiger partial charge on any atom is 0.243 e. The quantitative estimate of drug-likeness (QED) is 0.865. The summed E-state index contributed by atoms with van der Waals surface area (Å²) in [5.74, 6) is 1.15. The van der Waals surface area contributed by atoms with Gasteiger partial charge in [0.1, 0.15) is 6.10 Å². The number of benzene rings is 1. The van der Waals surface area contributed by atoms with Crippen LogP contribution in [0, 0.1) is 0 Å². The van der Waals surface area contributed by atoms with Gasteiger partial charge in [-0.1, -0.05) is 42.4 Å². The van der Waals surface area contributed by atoms with Gasteiger partial charge in [-0.15, -0.1) is 0 Å². The number of nitrogens with one attached hydrogen (secondary N) is 1. The maximum atomic E-state index is 5.48. The molecule has 0 saturated heterocycles. The van der Waals surface area contributed by atoms with Crippen LogP contribution in [0.5, 0.6) is 0 Å². The van der Waals surface area contributed by atoms with Gasteiger partial charge < -0.3 is 14.6 Å². The molecule has 2 unspecified atom stereocenters. The fourth-order valence-electron chi connectivity index (χ4n) is 2.02. The first-order valence-electron chi connectivity index (χ1n) is 6.38. The Morgan fingerprint density at radius 2 is 2.05 bits per heavy atom. The Hall–Kier alpha value is -1.72. The van der Waals surface area contributed by atoms with Crippen LogP contribution in [0.15, 0.2) is 34.9 Å². The van der Waals surface area contributed by atoms with Gasteiger partial charge in [-0.25, -0.2) is 0 Å². The van der Waals surface area contributed by atoms with Crippen LogP contribution in [0.4, 0.5) is 0 Å². The van der Waals surface area contributed by atoms with E-state index in [2.05, 4.69) is 22.4 Å². The SMILES string of the molecule is CCC(NC)c1nc(C(OC)c2ccccc2)no1. The van der Waals surface area contributed by atoms with E-state index < -0.39 is 0 Å². The number of ether oxygens (including phenoxy) is 1. The van der Waals surface area contributed by atoms with Gasteiger partial charge in [0.2, 0.25) is 11.7 Å². The van der Waals surface area contributed by atoms with Crippen molar-refractivity contribution in [1.29, 1.82) is 0 Å². The largest absolute Gasteiger partial charge is 0.369 e. The number of nitrogens with zero attached hydrogens (tertiary/aromatic N) is 2. The average Bonchev–Trinajstić information content (AvgIpc) is 2.92. The molecule has 1 N–H and O–H groups in total. The van der Waals surface area contributed by atoms with Gasteiger partial charge in [0.25, 0.3) is 0 Å². The summed E-state index contributed by atoms with van der Waals surface area (Å²) in [5.41, 5.74) is 1.01. The van der Waals surface area contributed by atoms with Crippen LogP contribution < -0.4 is 5.32 Å². The normalized spacial score (nSPS) is 14.3. The Bertz CT molecular complexity index is 494. The molecule has 2 aromatic rings. The molecule has 0 amide bonds. The van der Waals surface area contributed by atoms with Crippen molar-refractivity contribution in [2.24, 2.45) is 0 Å². The summed E-state index contributed by atoms with van der Waals surface area (Å²) < 4.78 is 10.8. The van der Waals surface area contributed by atoms with E-state index in [0.29, 0.717) is 11.7 Å². The molecule has 0 spiro atoms. The maximum absolute atomic E-state index is 5.48. The van der Waals surface area contributed by atoms with Gasteiger partial charge in [0.15, 0.2) is 0 Å². The minimum absolute atomic E-state index is 0.0783. The molecule has 5 heteroatoms. The van der Waals surface area contributed by atoms with Crippen molar-refractivity contribution in [1.82, 2.24) is 15.5 Å². The van der Waals surface area contributed by atoms with Crippen LogP contribution in [0.3, 0.4) is 0 Å². The van der Waals surface area contributed by atoms with E-state index >= 15 is 0 Å². The zero-order valence-electron chi connectivity index (χ0n) is 11.5. The number of hydrogen-bond acceptors (Lipinski definition) is 5. The third-order valence-corrected chi connectivity index (χ3v) is 3.08. The fraction of sp³-hybridized carbons (Fsp3) is 0.429. The third-order valence-electron chi connectivity index (χ3n) is 3.08. The van der Waals surface area contributed by atoms with Gasteiger partial charge in [-0.05, 0) is 19.0 Å². The molecule has 0 aliphatic heterocycles. The van der Waals surface area contributed by atoms with Crippen molar-refractivity contribution in [3.05, 3.63) is 47.6 Å². The number of methoxy groups -OCH3 is 1. The predicted octanol–water partition coefficient (Wildman–Crippen LogP) is 2.48. The average molecular weight is 261 g/mol. The zero-order chi connectivity index (χ0) is 13.7. The number of rotatable bonds is 6. The molecule has 1 aromatic carbocycles. The van der Waals surface area contributed by atoms with Gasteiger partial charge >= 0.3 is 0 Å². The van der Waals surface area contributed by atoms with E-state index in [-0.39, 0.29) is 12.1 Å². The first kappa shape index (κ1) is 13.7. The molecule has 0 radical (unpaired) electrons. The van der Waals surface area contributed by atoms with Gasteiger partial charge in [-0.3, -0.25) is 0 Å². The minimum atomic E-state index is -0.298. The first-order chi connectivity index (χ1) is 9.30. The lowest BCUT2D eigenvalue weighted by Crippen LogP contribution is -2.15. The zero-order valence-corrected chi connectivity index (χ0v) is 11.5. The summed E-state index contributed by atoms with van der Waals surface area (Å²) in [6, 6.07) is 9.94. The molecule has 1 heterocycles. The lowest BCUT2D eigenvalue weighted by Gasteiger charge is -2.11. The lowest BCUT2D eigenvalue weighted by molar-refractivity contribution is 0.126. The lowest BCUT2D eigenvalue weighted by atomic mass is 10.1. The highest BCUT2D eigenvalue weighted by Crippen LogP contribution is 2.24. The van der Waals surface area contributed by atoms with Crippen LogP contribution in [-0.2, 0) is 4.74 Å². The number of aromatic nitrogens is 2. The van der Waals surface area contributed by atoms with E-state index in [1.807, 2.05) is 37.4 Å². The molecule has 102 valence electrons. The summed E-state index contributed by atoms with van der Waals surface area (Å²) in [6.07, 6.45) is 0.592. The Labute approximate surface area is 113 Å². The van der Waals surface area contributed by atoms with E-state index in [0.717, 1.165) is 12.0 Å². The van der Waals surface area contributed by atoms with E-state index in [1.165, 1.54) is 0 Å². The highest BCUT2D eigenvalue weighted by atomic mass is 16.5. The van der Waals surface area contributed by atoms with Crippen molar-refractivity contribution in [3.63, 3.8) is 0 Å². The Kier molecular flexibility index (Phi) is 4.65. The topological polar surface area (TPSA) is 60.2 Å². The Morgan fingerprint density at radius 3 is 2.63 bits per heavy atom. The second-order valence-electron chi connectivity index (χ2n) is 4.27. The Morgan fingerprint density at radius 1 is 1.32 bits per heavy atom. The summed E-state index contributed by atoms with van der Waals surface area (Å²) in [5, 5.41) is 7.17. The highest BCUT2D eigenvalue weighted by Gasteiger charge is 2.22. The minimum Gasteiger partial charge on any atom is -0.369 e. The molecule has 0 fully saturated rings. The molecule has 0 bridgehead atoms. The molecule has 1 aromatic heterocycles. The van der Waals surface area contributed by atoms with E-state index in [9.17, 15) is 0 Å². The van der Waals surface area contributed by atoms with Crippen LogP contribution in [0.1, 0.15) is 42.8 Å². The summed E-state index contributed by atoms with van der Waals surface area (Å²) in [4.78, 5) is 4.43. The van der Waals surface area contributed by atoms with Gasteiger partial charge in [0, 0.05) is 7.11 Å². The van der Waals surface area contributed by atoms with Crippen LogP contribution in [0.25, 0.3) is 0 Å². The molecule has 0 saturated carbocycles. The van der Waals surface area contributed by atoms with Crippen molar-refractivity contribution in [2.75, 3.05) is 14.2 Å². The molecular formula is C14H19N3O2. The molecule has 5 nitrogen and oxygen atoms in total. The fourth-order valence-corrected chi connectivity index (χ4v) is 2.02. The van der Waals surface area contributed by atoms with Gasteiger partial charge in [-0.2, -0.15) is 4.98 Å². The Balaban J connectivity index is 2.25. The smallest absolute Gasteiger partial charge is 0.243 e. The van der Waals surface area contributed by atoms with Gasteiger partial charge in [0.05, 0.1) is 6.04 Å². The molecule has 0 aliphatic rings. The molecule has 2 rings (SSSR count). The second kappa shape index (κ2) is 6.45.